The van der Waals surface area contributed by atoms with Crippen molar-refractivity contribution in [3.05, 3.63) is 77.4 Å². The van der Waals surface area contributed by atoms with E-state index in [-0.39, 0.29) is 0 Å². The van der Waals surface area contributed by atoms with Gasteiger partial charge in [0.25, 0.3) is 0 Å². The number of rotatable bonds is 6. The lowest BCUT2D eigenvalue weighted by Gasteiger charge is -2.00. The van der Waals surface area contributed by atoms with Gasteiger partial charge in [-0.15, -0.1) is 10.2 Å². The lowest BCUT2D eigenvalue weighted by atomic mass is 10.1. The Balaban J connectivity index is 1.71. The van der Waals surface area contributed by atoms with E-state index in [0.717, 1.165) is 40.4 Å². The normalized spacial score (nSPS) is 11.3. The van der Waals surface area contributed by atoms with Crippen LogP contribution in [0.5, 0.6) is 0 Å². The van der Waals surface area contributed by atoms with Crippen molar-refractivity contribution in [2.45, 2.75) is 19.8 Å². The number of para-hydroxylation sites is 1. The molecule has 0 N–H and O–H groups in total. The monoisotopic (exact) mass is 373 g/mol. The highest BCUT2D eigenvalue weighted by Gasteiger charge is 2.11. The van der Waals surface area contributed by atoms with Gasteiger partial charge in [-0.25, -0.2) is 9.67 Å². The molecule has 2 aromatic heterocycles. The van der Waals surface area contributed by atoms with Crippen molar-refractivity contribution in [1.29, 1.82) is 0 Å². The zero-order valence-corrected chi connectivity index (χ0v) is 15.8. The molecule has 0 saturated heterocycles. The van der Waals surface area contributed by atoms with E-state index in [0.29, 0.717) is 5.13 Å². The third-order valence-corrected chi connectivity index (χ3v) is 4.94. The van der Waals surface area contributed by atoms with Crippen LogP contribution in [-0.2, 0) is 6.42 Å². The van der Waals surface area contributed by atoms with Crippen LogP contribution >= 0.6 is 11.3 Å². The maximum Gasteiger partial charge on any atom is 0.231 e. The predicted octanol–water partition coefficient (Wildman–Crippen LogP) is 5.09. The van der Waals surface area contributed by atoms with Crippen LogP contribution < -0.4 is 0 Å². The standard InChI is InChI=1S/C21H19N5S/c1-2-9-19-23-24-21(27-19)22-14-17-15-26(18-12-7-4-8-13-18)25-20(17)16-10-5-3-6-11-16/h3-8,10-15H,2,9H2,1H3/b22-14+. The summed E-state index contributed by atoms with van der Waals surface area (Å²) >= 11 is 1.53. The Labute approximate surface area is 162 Å². The topological polar surface area (TPSA) is 56.0 Å². The number of nitrogens with zero attached hydrogens (tertiary/aromatic N) is 5. The Bertz CT molecular complexity index is 1030. The molecule has 0 amide bonds. The van der Waals surface area contributed by atoms with Crippen LogP contribution in [0.25, 0.3) is 16.9 Å². The van der Waals surface area contributed by atoms with Crippen LogP contribution in [0.3, 0.4) is 0 Å². The van der Waals surface area contributed by atoms with Gasteiger partial charge in [0, 0.05) is 30.0 Å². The highest BCUT2D eigenvalue weighted by atomic mass is 32.1. The Morgan fingerprint density at radius 2 is 1.74 bits per heavy atom. The van der Waals surface area contributed by atoms with Crippen molar-refractivity contribution in [3.63, 3.8) is 0 Å². The second-order valence-corrected chi connectivity index (χ2v) is 7.11. The van der Waals surface area contributed by atoms with Crippen LogP contribution in [0, 0.1) is 0 Å². The van der Waals surface area contributed by atoms with Gasteiger partial charge in [0.05, 0.1) is 5.69 Å². The molecule has 2 heterocycles. The van der Waals surface area contributed by atoms with E-state index < -0.39 is 0 Å². The van der Waals surface area contributed by atoms with Crippen molar-refractivity contribution in [2.24, 2.45) is 4.99 Å². The highest BCUT2D eigenvalue weighted by molar-refractivity contribution is 7.14. The van der Waals surface area contributed by atoms with Crippen LogP contribution in [0.2, 0.25) is 0 Å². The van der Waals surface area contributed by atoms with Gasteiger partial charge in [-0.05, 0) is 18.6 Å². The number of aromatic nitrogens is 4. The molecule has 0 unspecified atom stereocenters. The van der Waals surface area contributed by atoms with E-state index in [9.17, 15) is 0 Å². The summed E-state index contributed by atoms with van der Waals surface area (Å²) in [6.07, 6.45) is 5.81. The summed E-state index contributed by atoms with van der Waals surface area (Å²) in [6.45, 7) is 2.13. The van der Waals surface area contributed by atoms with E-state index in [2.05, 4.69) is 34.2 Å². The third-order valence-electron chi connectivity index (χ3n) is 4.04. The second-order valence-electron chi connectivity index (χ2n) is 6.07. The van der Waals surface area contributed by atoms with Gasteiger partial charge in [0.2, 0.25) is 5.13 Å². The van der Waals surface area contributed by atoms with Crippen molar-refractivity contribution in [1.82, 2.24) is 20.0 Å². The minimum atomic E-state index is 0.671. The van der Waals surface area contributed by atoms with E-state index in [4.69, 9.17) is 5.10 Å². The Hall–Kier alpha value is -3.12. The molecule has 0 spiro atoms. The number of aliphatic imine (C=N–C) groups is 1. The summed E-state index contributed by atoms with van der Waals surface area (Å²) < 4.78 is 1.88. The van der Waals surface area contributed by atoms with Crippen molar-refractivity contribution < 1.29 is 0 Å². The SMILES string of the molecule is CCCc1nnc(/N=C/c2cn(-c3ccccc3)nc2-c2ccccc2)s1. The minimum Gasteiger partial charge on any atom is -0.240 e. The maximum atomic E-state index is 4.79. The third kappa shape index (κ3) is 4.01. The van der Waals surface area contributed by atoms with Crippen molar-refractivity contribution >= 4 is 22.7 Å². The first kappa shape index (κ1) is 17.3. The van der Waals surface area contributed by atoms with Crippen LogP contribution in [0.4, 0.5) is 5.13 Å². The average molecular weight is 373 g/mol. The number of benzene rings is 2. The molecule has 27 heavy (non-hydrogen) atoms. The number of hydrogen-bond donors (Lipinski definition) is 0. The van der Waals surface area contributed by atoms with Crippen molar-refractivity contribution in [3.8, 4) is 16.9 Å². The zero-order valence-electron chi connectivity index (χ0n) is 15.0. The summed E-state index contributed by atoms with van der Waals surface area (Å²) in [5.41, 5.74) is 3.90. The van der Waals surface area contributed by atoms with Crippen molar-refractivity contribution in [2.75, 3.05) is 0 Å². The summed E-state index contributed by atoms with van der Waals surface area (Å²) in [4.78, 5) is 4.54. The predicted molar refractivity (Wildman–Crippen MR) is 110 cm³/mol. The molecule has 0 aliphatic heterocycles. The van der Waals surface area contributed by atoms with Crippen LogP contribution in [0.1, 0.15) is 23.9 Å². The fourth-order valence-corrected chi connectivity index (χ4v) is 3.54. The molecule has 0 aliphatic carbocycles. The molecule has 5 nitrogen and oxygen atoms in total. The molecule has 0 fully saturated rings. The first-order chi connectivity index (χ1) is 13.3. The Morgan fingerprint density at radius 1 is 1.00 bits per heavy atom. The summed E-state index contributed by atoms with van der Waals surface area (Å²) in [5.74, 6) is 0. The van der Waals surface area contributed by atoms with Crippen LogP contribution in [-0.4, -0.2) is 26.2 Å². The van der Waals surface area contributed by atoms with Gasteiger partial charge in [0.1, 0.15) is 10.7 Å². The van der Waals surface area contributed by atoms with Gasteiger partial charge < -0.3 is 0 Å². The first-order valence-corrected chi connectivity index (χ1v) is 9.72. The van der Waals surface area contributed by atoms with Gasteiger partial charge in [0.15, 0.2) is 0 Å². The average Bonchev–Trinajstić information content (AvgIpc) is 3.35. The van der Waals surface area contributed by atoms with Gasteiger partial charge in [-0.3, -0.25) is 0 Å². The largest absolute Gasteiger partial charge is 0.240 e. The molecular formula is C21H19N5S. The number of aryl methyl sites for hydroxylation is 1. The molecule has 4 aromatic rings. The Kier molecular flexibility index (Phi) is 5.16. The molecule has 6 heteroatoms. The molecule has 134 valence electrons. The molecule has 2 aromatic carbocycles. The smallest absolute Gasteiger partial charge is 0.231 e. The summed E-state index contributed by atoms with van der Waals surface area (Å²) in [5, 5.41) is 14.8. The molecule has 4 rings (SSSR count). The van der Waals surface area contributed by atoms with E-state index in [1.807, 2.05) is 65.6 Å². The minimum absolute atomic E-state index is 0.671. The summed E-state index contributed by atoms with van der Waals surface area (Å²) in [7, 11) is 0. The first-order valence-electron chi connectivity index (χ1n) is 8.90. The van der Waals surface area contributed by atoms with E-state index in [1.165, 1.54) is 11.3 Å². The fraction of sp³-hybridized carbons (Fsp3) is 0.143. The van der Waals surface area contributed by atoms with Gasteiger partial charge in [-0.2, -0.15) is 5.10 Å². The second kappa shape index (κ2) is 8.05. The van der Waals surface area contributed by atoms with Crippen LogP contribution in [0.15, 0.2) is 71.9 Å². The lowest BCUT2D eigenvalue weighted by Crippen LogP contribution is -1.93. The molecule has 0 saturated carbocycles. The van der Waals surface area contributed by atoms with Gasteiger partial charge >= 0.3 is 0 Å². The maximum absolute atomic E-state index is 4.79. The Morgan fingerprint density at radius 3 is 2.48 bits per heavy atom. The zero-order chi connectivity index (χ0) is 18.5. The van der Waals surface area contributed by atoms with Gasteiger partial charge in [-0.1, -0.05) is 66.8 Å². The van der Waals surface area contributed by atoms with E-state index >= 15 is 0 Å². The lowest BCUT2D eigenvalue weighted by molar-refractivity contribution is 0.878. The molecule has 0 aliphatic rings. The van der Waals surface area contributed by atoms with E-state index in [1.54, 1.807) is 0 Å². The summed E-state index contributed by atoms with van der Waals surface area (Å²) in [6, 6.07) is 20.2. The molecular weight excluding hydrogens is 354 g/mol. The molecule has 0 radical (unpaired) electrons. The molecule has 0 bridgehead atoms. The fourth-order valence-electron chi connectivity index (χ4n) is 2.75. The highest BCUT2D eigenvalue weighted by Crippen LogP contribution is 2.24. The molecule has 0 atom stereocenters. The number of hydrogen-bond acceptors (Lipinski definition) is 5. The quantitative estimate of drug-likeness (QED) is 0.442.